The van der Waals surface area contributed by atoms with Crippen LogP contribution in [0.1, 0.15) is 0 Å². The Labute approximate surface area is 211 Å². The van der Waals surface area contributed by atoms with Crippen LogP contribution in [0.3, 0.4) is 0 Å². The Hall–Kier alpha value is -4.28. The summed E-state index contributed by atoms with van der Waals surface area (Å²) in [6.45, 7) is 0.0290. The number of ether oxygens (including phenoxy) is 2. The molecule has 0 saturated heterocycles. The maximum absolute atomic E-state index is 6.73. The first-order valence-electron chi connectivity index (χ1n) is 12.2. The first kappa shape index (κ1) is 19.0. The van der Waals surface area contributed by atoms with E-state index in [1.807, 2.05) is 17.4 Å². The number of rotatable bonds is 0. The lowest BCUT2D eigenvalue weighted by Crippen LogP contribution is -2.57. The quantitative estimate of drug-likeness (QED) is 0.172. The monoisotopic (exact) mass is 476 g/mol. The van der Waals surface area contributed by atoms with Gasteiger partial charge in [-0.2, -0.15) is 0 Å². The van der Waals surface area contributed by atoms with Crippen molar-refractivity contribution in [2.24, 2.45) is 0 Å². The SMILES string of the molecule is c1cc2c3c(c1)Oc1c(c4ccccc4c4ccccc14)B3c1cc3c(cc1O2)sc1ccccc13. The van der Waals surface area contributed by atoms with E-state index in [0.717, 1.165) is 33.8 Å². The Morgan fingerprint density at radius 1 is 0.472 bits per heavy atom. The zero-order chi connectivity index (χ0) is 23.4. The Kier molecular flexibility index (Phi) is 3.52. The van der Waals surface area contributed by atoms with Crippen molar-refractivity contribution >= 4 is 76.2 Å². The van der Waals surface area contributed by atoms with Crippen LogP contribution < -0.4 is 25.9 Å². The van der Waals surface area contributed by atoms with Gasteiger partial charge in [0.1, 0.15) is 23.0 Å². The van der Waals surface area contributed by atoms with Crippen molar-refractivity contribution in [2.45, 2.75) is 0 Å². The standard InChI is InChI=1S/C32H17BO2S/c1-3-11-21-18(8-1)19-9-2-4-12-22(19)32-30(21)33-24-16-23-20-10-5-6-15-28(20)36-29(23)17-27(24)34-25-13-7-14-26(35-32)31(25)33/h1-17H. The summed E-state index contributed by atoms with van der Waals surface area (Å²) in [6.07, 6.45) is 0. The predicted octanol–water partition coefficient (Wildman–Crippen LogP) is 7.09. The van der Waals surface area contributed by atoms with Crippen LogP contribution in [0.5, 0.6) is 23.0 Å². The van der Waals surface area contributed by atoms with E-state index in [2.05, 4.69) is 97.1 Å². The third-order valence-electron chi connectivity index (χ3n) is 7.78. The molecule has 0 atom stereocenters. The Balaban J connectivity index is 1.46. The molecule has 0 spiro atoms. The molecular weight excluding hydrogens is 459 g/mol. The van der Waals surface area contributed by atoms with Crippen LogP contribution in [-0.4, -0.2) is 6.71 Å². The summed E-state index contributed by atoms with van der Waals surface area (Å²) >= 11 is 1.83. The number of fused-ring (bicyclic) bond motifs is 12. The number of hydrogen-bond acceptors (Lipinski definition) is 3. The van der Waals surface area contributed by atoms with Crippen LogP contribution in [0.25, 0.3) is 41.7 Å². The van der Waals surface area contributed by atoms with Gasteiger partial charge in [0.25, 0.3) is 6.71 Å². The molecule has 6 aromatic carbocycles. The van der Waals surface area contributed by atoms with Gasteiger partial charge in [-0.25, -0.2) is 0 Å². The number of benzene rings is 6. The third-order valence-corrected chi connectivity index (χ3v) is 8.91. The van der Waals surface area contributed by atoms with Gasteiger partial charge in [-0.15, -0.1) is 11.3 Å². The van der Waals surface area contributed by atoms with Gasteiger partial charge >= 0.3 is 0 Å². The molecular formula is C32H17BO2S. The van der Waals surface area contributed by atoms with Crippen molar-refractivity contribution in [1.82, 2.24) is 0 Å². The Morgan fingerprint density at radius 2 is 1.14 bits per heavy atom. The van der Waals surface area contributed by atoms with Gasteiger partial charge in [-0.3, -0.25) is 0 Å². The molecule has 2 aliphatic rings. The molecule has 0 bridgehead atoms. The van der Waals surface area contributed by atoms with E-state index < -0.39 is 0 Å². The summed E-state index contributed by atoms with van der Waals surface area (Å²) in [4.78, 5) is 0. The van der Waals surface area contributed by atoms with Crippen LogP contribution in [0.15, 0.2) is 103 Å². The van der Waals surface area contributed by atoms with Gasteiger partial charge in [0, 0.05) is 31.0 Å². The molecule has 7 aromatic rings. The van der Waals surface area contributed by atoms with Crippen molar-refractivity contribution < 1.29 is 9.47 Å². The van der Waals surface area contributed by atoms with E-state index in [9.17, 15) is 0 Å². The smallest absolute Gasteiger partial charge is 0.261 e. The highest BCUT2D eigenvalue weighted by Crippen LogP contribution is 2.42. The molecule has 9 rings (SSSR count). The fourth-order valence-electron chi connectivity index (χ4n) is 6.29. The van der Waals surface area contributed by atoms with E-state index in [1.54, 1.807) is 0 Å². The normalized spacial score (nSPS) is 13.4. The van der Waals surface area contributed by atoms with E-state index >= 15 is 0 Å². The molecule has 0 amide bonds. The minimum absolute atomic E-state index is 0.0290. The highest BCUT2D eigenvalue weighted by atomic mass is 32.1. The second-order valence-electron chi connectivity index (χ2n) is 9.62. The summed E-state index contributed by atoms with van der Waals surface area (Å²) in [7, 11) is 0. The molecule has 4 heteroatoms. The van der Waals surface area contributed by atoms with Crippen molar-refractivity contribution in [3.63, 3.8) is 0 Å². The second kappa shape index (κ2) is 6.69. The lowest BCUT2D eigenvalue weighted by Gasteiger charge is -2.34. The van der Waals surface area contributed by atoms with Gasteiger partial charge in [-0.1, -0.05) is 78.9 Å². The summed E-state index contributed by atoms with van der Waals surface area (Å²) in [5.41, 5.74) is 3.56. The first-order valence-corrected chi connectivity index (χ1v) is 13.0. The van der Waals surface area contributed by atoms with Gasteiger partial charge in [0.15, 0.2) is 0 Å². The molecule has 3 heterocycles. The maximum atomic E-state index is 6.73. The molecule has 2 nitrogen and oxygen atoms in total. The molecule has 0 unspecified atom stereocenters. The summed E-state index contributed by atoms with van der Waals surface area (Å²) in [5, 5.41) is 7.45. The average Bonchev–Trinajstić information content (AvgIpc) is 3.29. The van der Waals surface area contributed by atoms with Crippen molar-refractivity contribution in [3.05, 3.63) is 103 Å². The zero-order valence-electron chi connectivity index (χ0n) is 19.1. The van der Waals surface area contributed by atoms with E-state index in [1.165, 1.54) is 47.3 Å². The number of hydrogen-bond donors (Lipinski definition) is 0. The topological polar surface area (TPSA) is 18.5 Å². The lowest BCUT2D eigenvalue weighted by molar-refractivity contribution is 0.468. The second-order valence-corrected chi connectivity index (χ2v) is 10.7. The molecule has 0 radical (unpaired) electrons. The molecule has 0 fully saturated rings. The lowest BCUT2D eigenvalue weighted by atomic mass is 9.34. The fraction of sp³-hybridized carbons (Fsp3) is 0. The Morgan fingerprint density at radius 3 is 1.97 bits per heavy atom. The first-order chi connectivity index (χ1) is 17.8. The van der Waals surface area contributed by atoms with Crippen LogP contribution in [0.4, 0.5) is 0 Å². The molecule has 0 aliphatic carbocycles. The van der Waals surface area contributed by atoms with Gasteiger partial charge < -0.3 is 9.47 Å². The molecule has 0 N–H and O–H groups in total. The van der Waals surface area contributed by atoms with E-state index in [-0.39, 0.29) is 6.71 Å². The minimum Gasteiger partial charge on any atom is -0.458 e. The highest BCUT2D eigenvalue weighted by molar-refractivity contribution is 7.25. The van der Waals surface area contributed by atoms with E-state index in [4.69, 9.17) is 9.47 Å². The average molecular weight is 476 g/mol. The third kappa shape index (κ3) is 2.32. The molecule has 36 heavy (non-hydrogen) atoms. The molecule has 166 valence electrons. The minimum atomic E-state index is 0.0290. The van der Waals surface area contributed by atoms with Crippen LogP contribution >= 0.6 is 11.3 Å². The largest absolute Gasteiger partial charge is 0.458 e. The van der Waals surface area contributed by atoms with Crippen LogP contribution in [-0.2, 0) is 0 Å². The molecule has 2 aliphatic heterocycles. The zero-order valence-corrected chi connectivity index (χ0v) is 19.9. The van der Waals surface area contributed by atoms with Crippen LogP contribution in [0, 0.1) is 0 Å². The Bertz CT molecular complexity index is 2070. The molecule has 1 aromatic heterocycles. The highest BCUT2D eigenvalue weighted by Gasteiger charge is 2.42. The number of thiophene rings is 1. The maximum Gasteiger partial charge on any atom is 0.261 e. The summed E-state index contributed by atoms with van der Waals surface area (Å²) in [5.74, 6) is 3.66. The summed E-state index contributed by atoms with van der Waals surface area (Å²) < 4.78 is 15.9. The fourth-order valence-corrected chi connectivity index (χ4v) is 7.40. The van der Waals surface area contributed by atoms with Crippen molar-refractivity contribution in [1.29, 1.82) is 0 Å². The van der Waals surface area contributed by atoms with E-state index in [0.29, 0.717) is 0 Å². The van der Waals surface area contributed by atoms with Gasteiger partial charge in [0.2, 0.25) is 0 Å². The summed E-state index contributed by atoms with van der Waals surface area (Å²) in [6, 6.07) is 36.8. The van der Waals surface area contributed by atoms with Gasteiger partial charge in [-0.05, 0) is 51.3 Å². The van der Waals surface area contributed by atoms with Crippen LogP contribution in [0.2, 0.25) is 0 Å². The van der Waals surface area contributed by atoms with Crippen molar-refractivity contribution in [3.8, 4) is 23.0 Å². The molecule has 0 saturated carbocycles. The predicted molar refractivity (Wildman–Crippen MR) is 152 cm³/mol. The van der Waals surface area contributed by atoms with Gasteiger partial charge in [0.05, 0.1) is 0 Å². The van der Waals surface area contributed by atoms with Crippen molar-refractivity contribution in [2.75, 3.05) is 0 Å².